The first kappa shape index (κ1) is 60.0. The number of hydrogen-bond acceptors (Lipinski definition) is 1. The van der Waals surface area contributed by atoms with Crippen LogP contribution in [0.4, 0.5) is 14.1 Å². The van der Waals surface area contributed by atoms with Crippen molar-refractivity contribution in [1.29, 1.82) is 0 Å². The topological polar surface area (TPSA) is 77.8 Å². The zero-order chi connectivity index (χ0) is 4.50. The maximum absolute atomic E-state index is 8.88. The molecule has 0 unspecified atom stereocenters. The minimum absolute atomic E-state index is 0. The van der Waals surface area contributed by atoms with Gasteiger partial charge in [-0.1, -0.05) is 0 Å². The van der Waals surface area contributed by atoms with Gasteiger partial charge in [-0.2, -0.15) is 0 Å². The second-order valence-corrected chi connectivity index (χ2v) is 1.54. The van der Waals surface area contributed by atoms with Crippen LogP contribution in [-0.4, -0.2) is 14.7 Å². The smallest absolute Gasteiger partial charge is 0.303 e. The van der Waals surface area contributed by atoms with E-state index in [0.29, 0.717) is 0 Å². The van der Waals surface area contributed by atoms with Crippen molar-refractivity contribution < 1.29 is 33.4 Å². The molecule has 11 heteroatoms. The number of rotatable bonds is 0. The highest BCUT2D eigenvalue weighted by molar-refractivity contribution is 7.45. The van der Waals surface area contributed by atoms with E-state index in [1.54, 1.807) is 0 Å². The van der Waals surface area contributed by atoms with Crippen LogP contribution in [-0.2, 0) is 4.57 Å². The van der Waals surface area contributed by atoms with Crippen molar-refractivity contribution in [3.05, 3.63) is 0 Å². The molecule has 3 N–H and O–H groups in total. The van der Waals surface area contributed by atoms with E-state index in [-0.39, 0.29) is 51.3 Å². The molecule has 0 saturated carbocycles. The van der Waals surface area contributed by atoms with Crippen LogP contribution in [0, 0.1) is 0 Å². The zero-order valence-corrected chi connectivity index (χ0v) is 7.99. The summed E-state index contributed by atoms with van der Waals surface area (Å²) in [6.07, 6.45) is 0. The molecule has 0 aromatic carbocycles. The van der Waals surface area contributed by atoms with Crippen LogP contribution in [0.3, 0.4) is 0 Å². The molecule has 0 aromatic heterocycles. The number of halogens is 6. The van der Waals surface area contributed by atoms with E-state index in [1.165, 1.54) is 0 Å². The minimum atomic E-state index is -4.64. The van der Waals surface area contributed by atoms with Gasteiger partial charge in [-0.15, -0.1) is 37.2 Å². The van der Waals surface area contributed by atoms with E-state index in [2.05, 4.69) is 0 Å². The van der Waals surface area contributed by atoms with Gasteiger partial charge in [-0.3, -0.25) is 14.1 Å². The largest absolute Gasteiger partial charge is 0.466 e. The van der Waals surface area contributed by atoms with Gasteiger partial charge in [0.1, 0.15) is 0 Å². The van der Waals surface area contributed by atoms with Gasteiger partial charge >= 0.3 is 7.82 Å². The standard InChI is InChI=1S/3ClH.3FH.H3O4P/c;;;;;;1-5(2,3)4/h6*1H;(H3,1,2,3,4). The normalized spacial score (nSPS) is 5.36. The summed E-state index contributed by atoms with van der Waals surface area (Å²) in [5, 5.41) is 0. The fourth-order valence-corrected chi connectivity index (χ4v) is 0. The first-order chi connectivity index (χ1) is 2.00. The summed E-state index contributed by atoms with van der Waals surface area (Å²) in [6, 6.07) is 0. The van der Waals surface area contributed by atoms with Crippen molar-refractivity contribution in [2.24, 2.45) is 0 Å². The molecule has 80 valence electrons. The van der Waals surface area contributed by atoms with Crippen LogP contribution < -0.4 is 0 Å². The molecule has 0 rings (SSSR count). The van der Waals surface area contributed by atoms with Crippen LogP contribution in [0.2, 0.25) is 0 Å². The second kappa shape index (κ2) is 22.4. The highest BCUT2D eigenvalue weighted by atomic mass is 35.5. The Morgan fingerprint density at radius 1 is 0.727 bits per heavy atom. The Labute approximate surface area is 79.0 Å². The Morgan fingerprint density at radius 2 is 0.727 bits per heavy atom. The molecule has 11 heavy (non-hydrogen) atoms. The van der Waals surface area contributed by atoms with Crippen molar-refractivity contribution in [2.75, 3.05) is 0 Å². The minimum Gasteiger partial charge on any atom is -0.303 e. The third kappa shape index (κ3) is 1400. The van der Waals surface area contributed by atoms with Crippen LogP contribution in [0.15, 0.2) is 0 Å². The van der Waals surface area contributed by atoms with E-state index in [4.69, 9.17) is 19.2 Å². The first-order valence-electron chi connectivity index (χ1n) is 0.783. The van der Waals surface area contributed by atoms with Gasteiger partial charge in [-0.25, -0.2) is 4.57 Å². The fraction of sp³-hybridized carbons (Fsp3) is 0. The first-order valence-corrected chi connectivity index (χ1v) is 2.35. The molecular weight excluding hydrogens is 258 g/mol. The van der Waals surface area contributed by atoms with Gasteiger partial charge in [0.25, 0.3) is 0 Å². The van der Waals surface area contributed by atoms with Crippen LogP contribution in [0.1, 0.15) is 0 Å². The van der Waals surface area contributed by atoms with Crippen LogP contribution in [0.5, 0.6) is 0 Å². The lowest BCUT2D eigenvalue weighted by Gasteiger charge is -1.82. The summed E-state index contributed by atoms with van der Waals surface area (Å²) in [7, 11) is -4.64. The van der Waals surface area contributed by atoms with E-state index in [1.807, 2.05) is 0 Å². The van der Waals surface area contributed by atoms with E-state index in [9.17, 15) is 0 Å². The van der Waals surface area contributed by atoms with E-state index in [0.717, 1.165) is 0 Å². The molecule has 0 amide bonds. The summed E-state index contributed by atoms with van der Waals surface area (Å²) < 4.78 is 8.88. The third-order valence-corrected chi connectivity index (χ3v) is 0. The molecule has 0 aliphatic heterocycles. The Morgan fingerprint density at radius 3 is 0.727 bits per heavy atom. The van der Waals surface area contributed by atoms with Crippen molar-refractivity contribution in [3.63, 3.8) is 0 Å². The quantitative estimate of drug-likeness (QED) is 0.567. The lowest BCUT2D eigenvalue weighted by Crippen LogP contribution is -1.66. The molecule has 0 atom stereocenters. The Kier molecular flexibility index (Phi) is 122. The monoisotopic (exact) mass is 266 g/mol. The second-order valence-electron chi connectivity index (χ2n) is 0.513. The average Bonchev–Trinajstić information content (AvgIpc) is 0.722. The summed E-state index contributed by atoms with van der Waals surface area (Å²) >= 11 is 0. The summed E-state index contributed by atoms with van der Waals surface area (Å²) in [5.74, 6) is 0. The lowest BCUT2D eigenvalue weighted by atomic mass is 15.8. The molecule has 0 aliphatic rings. The maximum Gasteiger partial charge on any atom is 0.466 e. The number of hydrogen-bond donors (Lipinski definition) is 3. The van der Waals surface area contributed by atoms with Gasteiger partial charge in [-0.05, 0) is 0 Å². The molecule has 0 radical (unpaired) electrons. The van der Waals surface area contributed by atoms with Crippen LogP contribution >= 0.6 is 45.0 Å². The van der Waals surface area contributed by atoms with Gasteiger partial charge in [0.2, 0.25) is 0 Å². The third-order valence-electron chi connectivity index (χ3n) is 0. The molecule has 0 bridgehead atoms. The highest BCUT2D eigenvalue weighted by Crippen LogP contribution is 2.25. The van der Waals surface area contributed by atoms with Gasteiger partial charge in [0.05, 0.1) is 0 Å². The van der Waals surface area contributed by atoms with E-state index < -0.39 is 7.82 Å². The van der Waals surface area contributed by atoms with Gasteiger partial charge in [0.15, 0.2) is 0 Å². The molecular formula is H9Cl3F3O4P. The Bertz CT molecular complexity index is 66.7. The predicted octanol–water partition coefficient (Wildman–Crippen LogP) is 0.794. The van der Waals surface area contributed by atoms with Crippen molar-refractivity contribution in [2.45, 2.75) is 0 Å². The van der Waals surface area contributed by atoms with Crippen LogP contribution in [0.25, 0.3) is 0 Å². The van der Waals surface area contributed by atoms with E-state index >= 15 is 0 Å². The zero-order valence-electron chi connectivity index (χ0n) is 4.65. The molecule has 0 spiro atoms. The molecule has 0 aromatic rings. The lowest BCUT2D eigenvalue weighted by molar-refractivity contribution is 0.275. The van der Waals surface area contributed by atoms with Crippen molar-refractivity contribution in [3.8, 4) is 0 Å². The molecule has 4 nitrogen and oxygen atoms in total. The number of phosphoric acid groups is 1. The van der Waals surface area contributed by atoms with Crippen molar-refractivity contribution in [1.82, 2.24) is 0 Å². The summed E-state index contributed by atoms with van der Waals surface area (Å²) in [6.45, 7) is 0. The summed E-state index contributed by atoms with van der Waals surface area (Å²) in [5.41, 5.74) is 0. The Hall–Kier alpha value is 0.770. The Balaban J connectivity index is -0.00000000533. The van der Waals surface area contributed by atoms with Gasteiger partial charge in [0, 0.05) is 0 Å². The molecule has 0 fully saturated rings. The van der Waals surface area contributed by atoms with Gasteiger partial charge < -0.3 is 14.7 Å². The molecule has 0 heterocycles. The SMILES string of the molecule is Cl.Cl.Cl.F.F.F.O=P(O)(O)O. The fourth-order valence-electron chi connectivity index (χ4n) is 0. The van der Waals surface area contributed by atoms with Crippen molar-refractivity contribution >= 4 is 45.0 Å². The highest BCUT2D eigenvalue weighted by Gasteiger charge is 2.00. The molecule has 0 saturated heterocycles. The summed E-state index contributed by atoms with van der Waals surface area (Å²) in [4.78, 5) is 21.6. The predicted molar refractivity (Wildman–Crippen MR) is 43.5 cm³/mol. The maximum atomic E-state index is 8.88. The average molecular weight is 267 g/mol. The molecule has 0 aliphatic carbocycles.